The molecule has 0 saturated heterocycles. The van der Waals surface area contributed by atoms with Crippen LogP contribution in [0.5, 0.6) is 0 Å². The van der Waals surface area contributed by atoms with Gasteiger partial charge in [0.25, 0.3) is 0 Å². The maximum absolute atomic E-state index is 12.1. The molecule has 4 nitrogen and oxygen atoms in total. The Kier molecular flexibility index (Phi) is 9.25. The summed E-state index contributed by atoms with van der Waals surface area (Å²) in [6.07, 6.45) is 7.33. The highest BCUT2D eigenvalue weighted by molar-refractivity contribution is 5.95. The molecule has 0 bridgehead atoms. The van der Waals surface area contributed by atoms with E-state index in [9.17, 15) is 9.59 Å². The Balaban J connectivity index is 2.79. The van der Waals surface area contributed by atoms with Gasteiger partial charge in [0.1, 0.15) is 0 Å². The van der Waals surface area contributed by atoms with Gasteiger partial charge in [-0.1, -0.05) is 39.5 Å². The summed E-state index contributed by atoms with van der Waals surface area (Å²) in [4.78, 5) is 24.2. The molecule has 0 aromatic heterocycles. The molecule has 0 unspecified atom stereocenters. The summed E-state index contributed by atoms with van der Waals surface area (Å²) in [5, 5.41) is 6.07. The molecule has 25 heavy (non-hydrogen) atoms. The van der Waals surface area contributed by atoms with Crippen molar-refractivity contribution >= 4 is 23.2 Å². The summed E-state index contributed by atoms with van der Waals surface area (Å²) in [5.74, 6) is 0.127. The number of aryl methyl sites for hydroxylation is 1. The Hall–Kier alpha value is -1.84. The van der Waals surface area contributed by atoms with Gasteiger partial charge in [0.05, 0.1) is 0 Å². The van der Waals surface area contributed by atoms with E-state index in [2.05, 4.69) is 24.5 Å². The van der Waals surface area contributed by atoms with Crippen LogP contribution in [0.3, 0.4) is 0 Å². The summed E-state index contributed by atoms with van der Waals surface area (Å²) >= 11 is 0. The van der Waals surface area contributed by atoms with Crippen LogP contribution in [0.25, 0.3) is 0 Å². The number of nitrogens with one attached hydrogen (secondary N) is 2. The molecule has 0 saturated carbocycles. The third kappa shape index (κ3) is 6.89. The molecule has 0 aliphatic heterocycles. The van der Waals surface area contributed by atoms with Crippen LogP contribution >= 0.6 is 0 Å². The minimum Gasteiger partial charge on any atom is -0.326 e. The van der Waals surface area contributed by atoms with Crippen LogP contribution in [0.1, 0.15) is 81.9 Å². The van der Waals surface area contributed by atoms with Gasteiger partial charge in [-0.15, -0.1) is 0 Å². The van der Waals surface area contributed by atoms with Gasteiger partial charge in [-0.25, -0.2) is 0 Å². The maximum Gasteiger partial charge on any atom is 0.224 e. The van der Waals surface area contributed by atoms with Gasteiger partial charge in [-0.05, 0) is 56.4 Å². The molecule has 0 heterocycles. The van der Waals surface area contributed by atoms with Crippen LogP contribution in [0.15, 0.2) is 6.07 Å². The Labute approximate surface area is 152 Å². The summed E-state index contributed by atoms with van der Waals surface area (Å²) in [7, 11) is 0. The highest BCUT2D eigenvalue weighted by Gasteiger charge is 2.14. The van der Waals surface area contributed by atoms with Gasteiger partial charge in [0.2, 0.25) is 11.8 Å². The van der Waals surface area contributed by atoms with Gasteiger partial charge in [-0.3, -0.25) is 9.59 Å². The molecule has 140 valence electrons. The van der Waals surface area contributed by atoms with E-state index in [0.717, 1.165) is 66.6 Å². The number of amides is 2. The number of benzene rings is 1. The second kappa shape index (κ2) is 10.9. The zero-order valence-electron chi connectivity index (χ0n) is 16.6. The van der Waals surface area contributed by atoms with E-state index < -0.39 is 0 Å². The average molecular weight is 347 g/mol. The first-order chi connectivity index (χ1) is 11.9. The fourth-order valence-electron chi connectivity index (χ4n) is 2.89. The molecule has 0 radical (unpaired) electrons. The highest BCUT2D eigenvalue weighted by Crippen LogP contribution is 2.30. The predicted molar refractivity (Wildman–Crippen MR) is 106 cm³/mol. The summed E-state index contributed by atoms with van der Waals surface area (Å²) in [6, 6.07) is 1.96. The smallest absolute Gasteiger partial charge is 0.224 e. The Bertz CT molecular complexity index is 594. The second-order valence-electron chi connectivity index (χ2n) is 6.88. The van der Waals surface area contributed by atoms with Crippen molar-refractivity contribution in [3.05, 3.63) is 22.8 Å². The fraction of sp³-hybridized carbons (Fsp3) is 0.619. The van der Waals surface area contributed by atoms with Crippen LogP contribution in [0.4, 0.5) is 11.4 Å². The summed E-state index contributed by atoms with van der Waals surface area (Å²) in [6.45, 7) is 10.2. The predicted octanol–water partition coefficient (Wildman–Crippen LogP) is 5.65. The molecular weight excluding hydrogens is 312 g/mol. The van der Waals surface area contributed by atoms with Gasteiger partial charge >= 0.3 is 0 Å². The van der Waals surface area contributed by atoms with E-state index in [1.54, 1.807) is 0 Å². The first-order valence-electron chi connectivity index (χ1n) is 9.61. The Morgan fingerprint density at radius 2 is 1.32 bits per heavy atom. The zero-order valence-corrected chi connectivity index (χ0v) is 16.6. The van der Waals surface area contributed by atoms with Gasteiger partial charge in [0.15, 0.2) is 0 Å². The van der Waals surface area contributed by atoms with Gasteiger partial charge in [-0.2, -0.15) is 0 Å². The van der Waals surface area contributed by atoms with Crippen molar-refractivity contribution in [1.82, 2.24) is 0 Å². The molecule has 4 heteroatoms. The Morgan fingerprint density at radius 1 is 0.800 bits per heavy atom. The zero-order chi connectivity index (χ0) is 18.8. The van der Waals surface area contributed by atoms with Gasteiger partial charge < -0.3 is 10.6 Å². The molecule has 0 fully saturated rings. The van der Waals surface area contributed by atoms with Crippen LogP contribution in [-0.2, 0) is 9.59 Å². The molecule has 1 rings (SSSR count). The van der Waals surface area contributed by atoms with Gasteiger partial charge in [0, 0.05) is 24.2 Å². The SMILES string of the molecule is CCCCCC(=O)Nc1cc(C)c(NC(=O)CCCCC)c(C)c1C. The lowest BCUT2D eigenvalue weighted by Gasteiger charge is -2.18. The van der Waals surface area contributed by atoms with Crippen molar-refractivity contribution in [1.29, 1.82) is 0 Å². The third-order valence-corrected chi connectivity index (χ3v) is 4.65. The van der Waals surface area contributed by atoms with E-state index in [4.69, 9.17) is 0 Å². The molecule has 1 aromatic rings. The molecule has 0 atom stereocenters. The van der Waals surface area contributed by atoms with Crippen molar-refractivity contribution in [3.63, 3.8) is 0 Å². The van der Waals surface area contributed by atoms with Crippen molar-refractivity contribution < 1.29 is 9.59 Å². The van der Waals surface area contributed by atoms with Crippen LogP contribution in [0.2, 0.25) is 0 Å². The minimum atomic E-state index is 0.0618. The number of hydrogen-bond acceptors (Lipinski definition) is 2. The lowest BCUT2D eigenvalue weighted by Crippen LogP contribution is -2.16. The second-order valence-corrected chi connectivity index (χ2v) is 6.88. The minimum absolute atomic E-state index is 0.0618. The lowest BCUT2D eigenvalue weighted by atomic mass is 10.0. The molecule has 0 aliphatic carbocycles. The Morgan fingerprint density at radius 3 is 1.84 bits per heavy atom. The van der Waals surface area contributed by atoms with E-state index in [-0.39, 0.29) is 11.8 Å². The first-order valence-corrected chi connectivity index (χ1v) is 9.61. The van der Waals surface area contributed by atoms with Crippen molar-refractivity contribution in [2.45, 2.75) is 86.0 Å². The number of carbonyl (C=O) groups excluding carboxylic acids is 2. The first kappa shape index (κ1) is 21.2. The quantitative estimate of drug-likeness (QED) is 0.538. The van der Waals surface area contributed by atoms with Crippen molar-refractivity contribution in [2.24, 2.45) is 0 Å². The topological polar surface area (TPSA) is 58.2 Å². The van der Waals surface area contributed by atoms with E-state index in [0.29, 0.717) is 12.8 Å². The lowest BCUT2D eigenvalue weighted by molar-refractivity contribution is -0.117. The average Bonchev–Trinajstić information content (AvgIpc) is 2.57. The van der Waals surface area contributed by atoms with E-state index in [1.165, 1.54) is 0 Å². The standard InChI is InChI=1S/C21H34N2O2/c1-6-8-10-12-19(24)22-18-14-15(3)21(17(5)16(18)4)23-20(25)13-11-9-7-2/h14H,6-13H2,1-5H3,(H,22,24)(H,23,25). The summed E-state index contributed by atoms with van der Waals surface area (Å²) in [5.41, 5.74) is 4.74. The number of unbranched alkanes of at least 4 members (excludes halogenated alkanes) is 4. The molecule has 0 spiro atoms. The van der Waals surface area contributed by atoms with Crippen molar-refractivity contribution in [2.75, 3.05) is 10.6 Å². The van der Waals surface area contributed by atoms with Crippen LogP contribution in [-0.4, -0.2) is 11.8 Å². The number of carbonyl (C=O) groups is 2. The number of hydrogen-bond donors (Lipinski definition) is 2. The summed E-state index contributed by atoms with van der Waals surface area (Å²) < 4.78 is 0. The normalized spacial score (nSPS) is 10.6. The maximum atomic E-state index is 12.1. The molecular formula is C21H34N2O2. The van der Waals surface area contributed by atoms with Crippen LogP contribution in [0, 0.1) is 20.8 Å². The molecule has 0 aliphatic rings. The monoisotopic (exact) mass is 346 g/mol. The van der Waals surface area contributed by atoms with E-state index >= 15 is 0 Å². The molecule has 1 aromatic carbocycles. The van der Waals surface area contributed by atoms with Crippen LogP contribution < -0.4 is 10.6 Å². The molecule has 2 amide bonds. The largest absolute Gasteiger partial charge is 0.326 e. The number of rotatable bonds is 10. The fourth-order valence-corrected chi connectivity index (χ4v) is 2.89. The molecule has 2 N–H and O–H groups in total. The highest BCUT2D eigenvalue weighted by atomic mass is 16.2. The third-order valence-electron chi connectivity index (χ3n) is 4.65. The van der Waals surface area contributed by atoms with E-state index in [1.807, 2.05) is 26.8 Å². The number of anilines is 2. The van der Waals surface area contributed by atoms with Crippen molar-refractivity contribution in [3.8, 4) is 0 Å².